The molecule has 0 saturated heterocycles. The molecular formula is C23H19ClN6. The van der Waals surface area contributed by atoms with E-state index in [4.69, 9.17) is 26.8 Å². The standard InChI is InChI=1S/C23H19ClN6/c24-18-6-3-13-30-21(19-11-12-26-23(28-19)27-17-4-1-2-5-17)20(29-22(18)30)16-9-7-15(14-25)8-10-16/h3,6-13,17H,1-2,4-5H2,(H,26,27,28). The predicted molar refractivity (Wildman–Crippen MR) is 117 cm³/mol. The van der Waals surface area contributed by atoms with E-state index >= 15 is 0 Å². The highest BCUT2D eigenvalue weighted by molar-refractivity contribution is 6.33. The molecular weight excluding hydrogens is 396 g/mol. The van der Waals surface area contributed by atoms with Crippen LogP contribution in [0.25, 0.3) is 28.3 Å². The number of aromatic nitrogens is 4. The van der Waals surface area contributed by atoms with Crippen molar-refractivity contribution in [1.29, 1.82) is 5.26 Å². The summed E-state index contributed by atoms with van der Waals surface area (Å²) in [6, 6.07) is 15.6. The number of rotatable bonds is 4. The van der Waals surface area contributed by atoms with Crippen molar-refractivity contribution in [3.63, 3.8) is 0 Å². The number of fused-ring (bicyclic) bond motifs is 1. The molecule has 5 rings (SSSR count). The summed E-state index contributed by atoms with van der Waals surface area (Å²) < 4.78 is 1.96. The minimum atomic E-state index is 0.426. The molecule has 0 atom stereocenters. The average Bonchev–Trinajstić information content (AvgIpc) is 3.42. The molecule has 1 N–H and O–H groups in total. The summed E-state index contributed by atoms with van der Waals surface area (Å²) in [5.41, 5.74) is 4.53. The average molecular weight is 415 g/mol. The van der Waals surface area contributed by atoms with Crippen LogP contribution in [-0.2, 0) is 0 Å². The second-order valence-electron chi connectivity index (χ2n) is 7.44. The number of nitrogens with one attached hydrogen (secondary N) is 1. The first kappa shape index (κ1) is 18.6. The minimum Gasteiger partial charge on any atom is -0.351 e. The van der Waals surface area contributed by atoms with Crippen LogP contribution in [0.1, 0.15) is 31.2 Å². The van der Waals surface area contributed by atoms with Gasteiger partial charge in [-0.25, -0.2) is 15.0 Å². The van der Waals surface area contributed by atoms with E-state index < -0.39 is 0 Å². The number of benzene rings is 1. The van der Waals surface area contributed by atoms with Crippen molar-refractivity contribution < 1.29 is 0 Å². The van der Waals surface area contributed by atoms with Crippen LogP contribution in [0.4, 0.5) is 5.95 Å². The molecule has 4 aromatic rings. The van der Waals surface area contributed by atoms with Crippen molar-refractivity contribution in [1.82, 2.24) is 19.4 Å². The lowest BCUT2D eigenvalue weighted by Gasteiger charge is -2.12. The first-order valence-electron chi connectivity index (χ1n) is 10.00. The number of halogens is 1. The maximum absolute atomic E-state index is 9.12. The van der Waals surface area contributed by atoms with Gasteiger partial charge in [0.25, 0.3) is 0 Å². The van der Waals surface area contributed by atoms with Crippen molar-refractivity contribution in [3.05, 3.63) is 65.4 Å². The van der Waals surface area contributed by atoms with E-state index in [-0.39, 0.29) is 0 Å². The molecule has 3 heterocycles. The number of pyridine rings is 1. The maximum Gasteiger partial charge on any atom is 0.223 e. The summed E-state index contributed by atoms with van der Waals surface area (Å²) in [7, 11) is 0. The van der Waals surface area contributed by atoms with E-state index in [0.717, 1.165) is 35.5 Å². The van der Waals surface area contributed by atoms with Gasteiger partial charge < -0.3 is 5.32 Å². The first-order valence-corrected chi connectivity index (χ1v) is 10.4. The van der Waals surface area contributed by atoms with Crippen LogP contribution in [0.5, 0.6) is 0 Å². The van der Waals surface area contributed by atoms with Gasteiger partial charge in [0.2, 0.25) is 5.95 Å². The number of nitriles is 1. The fraction of sp³-hybridized carbons (Fsp3) is 0.217. The molecule has 6 nitrogen and oxygen atoms in total. The van der Waals surface area contributed by atoms with E-state index in [1.54, 1.807) is 18.3 Å². The Bertz CT molecular complexity index is 1250. The van der Waals surface area contributed by atoms with Crippen LogP contribution in [0.2, 0.25) is 5.02 Å². The van der Waals surface area contributed by atoms with Gasteiger partial charge >= 0.3 is 0 Å². The molecule has 1 aromatic carbocycles. The third kappa shape index (κ3) is 3.38. The van der Waals surface area contributed by atoms with Crippen LogP contribution in [-0.4, -0.2) is 25.4 Å². The Labute approximate surface area is 179 Å². The quantitative estimate of drug-likeness (QED) is 0.487. The van der Waals surface area contributed by atoms with Crippen molar-refractivity contribution in [2.45, 2.75) is 31.7 Å². The van der Waals surface area contributed by atoms with Gasteiger partial charge in [-0.1, -0.05) is 36.6 Å². The highest BCUT2D eigenvalue weighted by Crippen LogP contribution is 2.34. The number of imidazole rings is 1. The van der Waals surface area contributed by atoms with Crippen molar-refractivity contribution >= 4 is 23.2 Å². The molecule has 3 aromatic heterocycles. The van der Waals surface area contributed by atoms with Gasteiger partial charge in [0, 0.05) is 24.0 Å². The summed E-state index contributed by atoms with van der Waals surface area (Å²) >= 11 is 6.44. The Morgan fingerprint density at radius 2 is 1.87 bits per heavy atom. The van der Waals surface area contributed by atoms with E-state index in [1.165, 1.54) is 12.8 Å². The molecule has 30 heavy (non-hydrogen) atoms. The summed E-state index contributed by atoms with van der Waals surface area (Å²) in [5.74, 6) is 0.627. The van der Waals surface area contributed by atoms with E-state index in [0.29, 0.717) is 28.2 Å². The summed E-state index contributed by atoms with van der Waals surface area (Å²) in [4.78, 5) is 14.0. The fourth-order valence-electron chi connectivity index (χ4n) is 4.00. The van der Waals surface area contributed by atoms with Gasteiger partial charge in [0.05, 0.1) is 33.7 Å². The number of anilines is 1. The second kappa shape index (κ2) is 7.77. The fourth-order valence-corrected chi connectivity index (χ4v) is 4.20. The summed E-state index contributed by atoms with van der Waals surface area (Å²) in [6.07, 6.45) is 8.48. The zero-order chi connectivity index (χ0) is 20.5. The van der Waals surface area contributed by atoms with E-state index in [1.807, 2.05) is 40.9 Å². The second-order valence-corrected chi connectivity index (χ2v) is 7.85. The summed E-state index contributed by atoms with van der Waals surface area (Å²) in [6.45, 7) is 0. The predicted octanol–water partition coefficient (Wildman–Crippen LogP) is 5.34. The van der Waals surface area contributed by atoms with Crippen LogP contribution in [0.3, 0.4) is 0 Å². The largest absolute Gasteiger partial charge is 0.351 e. The zero-order valence-electron chi connectivity index (χ0n) is 16.2. The lowest BCUT2D eigenvalue weighted by atomic mass is 10.1. The molecule has 1 aliphatic rings. The smallest absolute Gasteiger partial charge is 0.223 e. The third-order valence-electron chi connectivity index (χ3n) is 5.48. The number of hydrogen-bond acceptors (Lipinski definition) is 5. The first-order chi connectivity index (χ1) is 14.7. The Balaban J connectivity index is 1.66. The van der Waals surface area contributed by atoms with Crippen LogP contribution >= 0.6 is 11.6 Å². The summed E-state index contributed by atoms with van der Waals surface area (Å²) in [5, 5.41) is 13.1. The van der Waals surface area contributed by atoms with Gasteiger partial charge in [0.15, 0.2) is 5.65 Å². The molecule has 1 aliphatic carbocycles. The molecule has 0 amide bonds. The van der Waals surface area contributed by atoms with Gasteiger partial charge in [-0.05, 0) is 43.2 Å². The third-order valence-corrected chi connectivity index (χ3v) is 5.77. The molecule has 0 bridgehead atoms. The maximum atomic E-state index is 9.12. The Morgan fingerprint density at radius 1 is 1.07 bits per heavy atom. The Morgan fingerprint density at radius 3 is 2.63 bits per heavy atom. The van der Waals surface area contributed by atoms with Crippen LogP contribution in [0.15, 0.2) is 54.9 Å². The SMILES string of the molecule is N#Cc1ccc(-c2nc3c(Cl)cccn3c2-c2ccnc(NC3CCCC3)n2)cc1. The van der Waals surface area contributed by atoms with Crippen LogP contribution in [0, 0.1) is 11.3 Å². The Kier molecular flexibility index (Phi) is 4.82. The molecule has 1 saturated carbocycles. The van der Waals surface area contributed by atoms with Crippen molar-refractivity contribution in [3.8, 4) is 28.7 Å². The van der Waals surface area contributed by atoms with E-state index in [9.17, 15) is 0 Å². The molecule has 0 unspecified atom stereocenters. The molecule has 1 fully saturated rings. The Hall–Kier alpha value is -3.43. The number of hydrogen-bond donors (Lipinski definition) is 1. The lowest BCUT2D eigenvalue weighted by molar-refractivity contribution is 0.744. The van der Waals surface area contributed by atoms with Crippen molar-refractivity contribution in [2.24, 2.45) is 0 Å². The van der Waals surface area contributed by atoms with Crippen LogP contribution < -0.4 is 5.32 Å². The highest BCUT2D eigenvalue weighted by Gasteiger charge is 2.20. The lowest BCUT2D eigenvalue weighted by Crippen LogP contribution is -2.16. The molecule has 0 radical (unpaired) electrons. The topological polar surface area (TPSA) is 78.9 Å². The normalized spacial score (nSPS) is 14.1. The monoisotopic (exact) mass is 414 g/mol. The highest BCUT2D eigenvalue weighted by atomic mass is 35.5. The molecule has 0 aliphatic heterocycles. The minimum absolute atomic E-state index is 0.426. The molecule has 0 spiro atoms. The van der Waals surface area contributed by atoms with E-state index in [2.05, 4.69) is 16.4 Å². The number of nitrogens with zero attached hydrogens (tertiary/aromatic N) is 5. The molecule has 7 heteroatoms. The zero-order valence-corrected chi connectivity index (χ0v) is 17.0. The molecule has 148 valence electrons. The van der Waals surface area contributed by atoms with Gasteiger partial charge in [-0.2, -0.15) is 5.26 Å². The van der Waals surface area contributed by atoms with Gasteiger partial charge in [-0.15, -0.1) is 0 Å². The van der Waals surface area contributed by atoms with Crippen molar-refractivity contribution in [2.75, 3.05) is 5.32 Å². The van der Waals surface area contributed by atoms with Gasteiger partial charge in [0.1, 0.15) is 0 Å². The van der Waals surface area contributed by atoms with Gasteiger partial charge in [-0.3, -0.25) is 4.40 Å².